The molecule has 7 heavy (non-hydrogen) atoms. The summed E-state index contributed by atoms with van der Waals surface area (Å²) in [6.07, 6.45) is 0. The van der Waals surface area contributed by atoms with Crippen molar-refractivity contribution < 1.29 is 4.79 Å². The number of β-lactam (4-membered cyclic amide) rings is 1. The predicted octanol–water partition coefficient (Wildman–Crippen LogP) is 0.112. The molecule has 1 rings (SSSR count). The summed E-state index contributed by atoms with van der Waals surface area (Å²) >= 11 is 5.44. The van der Waals surface area contributed by atoms with Gasteiger partial charge in [0.25, 0.3) is 0 Å². The van der Waals surface area contributed by atoms with Crippen LogP contribution in [0, 0.1) is 0 Å². The molecule has 1 aliphatic rings. The SMILES string of the molecule is C[C@@H]1NC(=O)[C@@H]1Cl. The number of amides is 1. The third-order valence-corrected chi connectivity index (χ3v) is 1.64. The molecule has 0 aromatic heterocycles. The molecule has 1 N–H and O–H groups in total. The van der Waals surface area contributed by atoms with Crippen LogP contribution in [0.1, 0.15) is 6.92 Å². The van der Waals surface area contributed by atoms with Crippen LogP contribution in [-0.4, -0.2) is 17.3 Å². The molecule has 0 aromatic rings. The fourth-order valence-corrected chi connectivity index (χ4v) is 0.634. The van der Waals surface area contributed by atoms with E-state index in [1.165, 1.54) is 0 Å². The number of hydrogen-bond acceptors (Lipinski definition) is 1. The van der Waals surface area contributed by atoms with Gasteiger partial charge in [0.15, 0.2) is 0 Å². The number of rotatable bonds is 0. The molecule has 1 heterocycles. The number of nitrogens with one attached hydrogen (secondary N) is 1. The molecule has 40 valence electrons. The van der Waals surface area contributed by atoms with E-state index in [1.54, 1.807) is 0 Å². The van der Waals surface area contributed by atoms with E-state index in [2.05, 4.69) is 5.32 Å². The Bertz CT molecular complexity index is 104. The zero-order chi connectivity index (χ0) is 5.44. The zero-order valence-corrected chi connectivity index (χ0v) is 4.70. The summed E-state index contributed by atoms with van der Waals surface area (Å²) < 4.78 is 0. The standard InChI is InChI=1S/C4H6ClNO/c1-2-3(5)4(7)6-2/h2-3H,1H3,(H,6,7)/t2-,3+/m0/s1. The largest absolute Gasteiger partial charge is 0.350 e. The molecule has 0 spiro atoms. The Hall–Kier alpha value is -0.240. The molecule has 1 aliphatic heterocycles. The zero-order valence-electron chi connectivity index (χ0n) is 3.94. The lowest BCUT2D eigenvalue weighted by atomic mass is 10.1. The Labute approximate surface area is 46.8 Å². The Morgan fingerprint density at radius 1 is 1.86 bits per heavy atom. The van der Waals surface area contributed by atoms with Crippen LogP contribution in [0.4, 0.5) is 0 Å². The van der Waals surface area contributed by atoms with Gasteiger partial charge in [0, 0.05) is 0 Å². The van der Waals surface area contributed by atoms with Crippen molar-refractivity contribution in [3.05, 3.63) is 0 Å². The van der Waals surface area contributed by atoms with Gasteiger partial charge in [-0.1, -0.05) is 0 Å². The van der Waals surface area contributed by atoms with E-state index in [-0.39, 0.29) is 17.3 Å². The van der Waals surface area contributed by atoms with E-state index in [0.29, 0.717) is 0 Å². The Morgan fingerprint density at radius 2 is 2.43 bits per heavy atom. The van der Waals surface area contributed by atoms with Gasteiger partial charge < -0.3 is 5.32 Å². The van der Waals surface area contributed by atoms with Crippen LogP contribution in [0.3, 0.4) is 0 Å². The maximum atomic E-state index is 10.2. The number of halogens is 1. The second-order valence-corrected chi connectivity index (χ2v) is 2.17. The average molecular weight is 120 g/mol. The predicted molar refractivity (Wildman–Crippen MR) is 27.2 cm³/mol. The van der Waals surface area contributed by atoms with Crippen molar-refractivity contribution in [2.24, 2.45) is 0 Å². The Morgan fingerprint density at radius 3 is 2.43 bits per heavy atom. The van der Waals surface area contributed by atoms with Gasteiger partial charge in [-0.25, -0.2) is 0 Å². The van der Waals surface area contributed by atoms with Crippen molar-refractivity contribution in [1.82, 2.24) is 5.32 Å². The van der Waals surface area contributed by atoms with Crippen LogP contribution in [0.25, 0.3) is 0 Å². The number of hydrogen-bond donors (Lipinski definition) is 1. The van der Waals surface area contributed by atoms with Gasteiger partial charge in [-0.05, 0) is 6.92 Å². The molecule has 1 saturated heterocycles. The molecular formula is C4H6ClNO. The summed E-state index contributed by atoms with van der Waals surface area (Å²) in [6, 6.07) is 0.175. The van der Waals surface area contributed by atoms with Gasteiger partial charge in [-0.15, -0.1) is 11.6 Å². The molecule has 0 radical (unpaired) electrons. The number of carbonyl (C=O) groups excluding carboxylic acids is 1. The van der Waals surface area contributed by atoms with Crippen LogP contribution < -0.4 is 5.32 Å². The fourth-order valence-electron chi connectivity index (χ4n) is 0.508. The molecule has 1 fully saturated rings. The molecular weight excluding hydrogens is 114 g/mol. The molecule has 0 unspecified atom stereocenters. The first kappa shape index (κ1) is 4.91. The topological polar surface area (TPSA) is 29.1 Å². The van der Waals surface area contributed by atoms with Crippen LogP contribution in [0.5, 0.6) is 0 Å². The summed E-state index contributed by atoms with van der Waals surface area (Å²) in [7, 11) is 0. The van der Waals surface area contributed by atoms with Crippen molar-refractivity contribution in [1.29, 1.82) is 0 Å². The molecule has 2 nitrogen and oxygen atoms in total. The summed E-state index contributed by atoms with van der Waals surface area (Å²) in [5.74, 6) is -0.0471. The molecule has 2 atom stereocenters. The van der Waals surface area contributed by atoms with E-state index < -0.39 is 0 Å². The Kier molecular flexibility index (Phi) is 0.961. The molecule has 1 amide bonds. The minimum atomic E-state index is -0.278. The molecule has 0 aliphatic carbocycles. The van der Waals surface area contributed by atoms with Crippen LogP contribution in [0.15, 0.2) is 0 Å². The molecule has 3 heteroatoms. The van der Waals surface area contributed by atoms with Crippen molar-refractivity contribution in [3.8, 4) is 0 Å². The second-order valence-electron chi connectivity index (χ2n) is 1.70. The first-order valence-corrected chi connectivity index (χ1v) is 2.60. The van der Waals surface area contributed by atoms with E-state index in [1.807, 2.05) is 6.92 Å². The molecule has 0 aromatic carbocycles. The van der Waals surface area contributed by atoms with Gasteiger partial charge in [-0.2, -0.15) is 0 Å². The summed E-state index contributed by atoms with van der Waals surface area (Å²) in [5.41, 5.74) is 0. The van der Waals surface area contributed by atoms with Gasteiger partial charge in [-0.3, -0.25) is 4.79 Å². The highest BCUT2D eigenvalue weighted by Crippen LogP contribution is 2.11. The third-order valence-electron chi connectivity index (χ3n) is 1.06. The minimum absolute atomic E-state index is 0.0471. The molecule has 0 saturated carbocycles. The lowest BCUT2D eigenvalue weighted by molar-refractivity contribution is -0.127. The van der Waals surface area contributed by atoms with E-state index in [9.17, 15) is 4.79 Å². The summed E-state index contributed by atoms with van der Waals surface area (Å²) in [5, 5.41) is 2.31. The monoisotopic (exact) mass is 119 g/mol. The van der Waals surface area contributed by atoms with Crippen molar-refractivity contribution in [3.63, 3.8) is 0 Å². The van der Waals surface area contributed by atoms with E-state index in [0.717, 1.165) is 0 Å². The molecule has 0 bridgehead atoms. The fraction of sp³-hybridized carbons (Fsp3) is 0.750. The average Bonchev–Trinajstić information content (AvgIpc) is 1.68. The second kappa shape index (κ2) is 1.37. The van der Waals surface area contributed by atoms with Gasteiger partial charge >= 0.3 is 0 Å². The number of carbonyl (C=O) groups is 1. The van der Waals surface area contributed by atoms with Gasteiger partial charge in [0.2, 0.25) is 5.91 Å². The van der Waals surface area contributed by atoms with Crippen molar-refractivity contribution >= 4 is 17.5 Å². The number of alkyl halides is 1. The normalized spacial score (nSPS) is 39.4. The third kappa shape index (κ3) is 0.589. The van der Waals surface area contributed by atoms with E-state index >= 15 is 0 Å². The lowest BCUT2D eigenvalue weighted by Crippen LogP contribution is -2.57. The van der Waals surface area contributed by atoms with Gasteiger partial charge in [0.1, 0.15) is 5.38 Å². The highest BCUT2D eigenvalue weighted by Gasteiger charge is 2.33. The van der Waals surface area contributed by atoms with Crippen LogP contribution in [-0.2, 0) is 4.79 Å². The summed E-state index contributed by atoms with van der Waals surface area (Å²) in [4.78, 5) is 10.2. The smallest absolute Gasteiger partial charge is 0.240 e. The van der Waals surface area contributed by atoms with Crippen molar-refractivity contribution in [2.45, 2.75) is 18.3 Å². The highest BCUT2D eigenvalue weighted by atomic mass is 35.5. The van der Waals surface area contributed by atoms with E-state index in [4.69, 9.17) is 11.6 Å². The minimum Gasteiger partial charge on any atom is -0.350 e. The van der Waals surface area contributed by atoms with Crippen LogP contribution in [0.2, 0.25) is 0 Å². The Balaban J connectivity index is 2.43. The maximum Gasteiger partial charge on any atom is 0.240 e. The maximum absolute atomic E-state index is 10.2. The van der Waals surface area contributed by atoms with Crippen molar-refractivity contribution in [2.75, 3.05) is 0 Å². The summed E-state index contributed by atoms with van der Waals surface area (Å²) in [6.45, 7) is 1.87. The highest BCUT2D eigenvalue weighted by molar-refractivity contribution is 6.33. The quantitative estimate of drug-likeness (QED) is 0.356. The lowest BCUT2D eigenvalue weighted by Gasteiger charge is -2.28. The first-order valence-electron chi connectivity index (χ1n) is 2.16. The first-order chi connectivity index (χ1) is 3.22. The van der Waals surface area contributed by atoms with Gasteiger partial charge in [0.05, 0.1) is 6.04 Å². The van der Waals surface area contributed by atoms with Crippen LogP contribution >= 0.6 is 11.6 Å².